The molecule has 0 aliphatic rings. The maximum Gasteiger partial charge on any atom is 0.186 e. The van der Waals surface area contributed by atoms with Crippen molar-refractivity contribution in [3.63, 3.8) is 0 Å². The van der Waals surface area contributed by atoms with Crippen LogP contribution in [0.2, 0.25) is 0 Å². The Kier molecular flexibility index (Phi) is 6.20. The van der Waals surface area contributed by atoms with Gasteiger partial charge in [0.05, 0.1) is 12.3 Å². The smallest absolute Gasteiger partial charge is 0.186 e. The molecule has 1 N–H and O–H groups in total. The molecule has 0 amide bonds. The largest absolute Gasteiger partial charge is 0.378 e. The second-order valence-corrected chi connectivity index (χ2v) is 8.19. The van der Waals surface area contributed by atoms with Crippen LogP contribution in [0.1, 0.15) is 58.5 Å². The van der Waals surface area contributed by atoms with E-state index in [0.717, 1.165) is 23.8 Å². The number of anilines is 1. The maximum atomic E-state index is 5.30. The van der Waals surface area contributed by atoms with Crippen molar-refractivity contribution in [1.29, 1.82) is 0 Å². The van der Waals surface area contributed by atoms with E-state index in [0.29, 0.717) is 6.61 Å². The first-order chi connectivity index (χ1) is 9.60. The van der Waals surface area contributed by atoms with Crippen LogP contribution in [0.3, 0.4) is 0 Å². The van der Waals surface area contributed by atoms with E-state index in [1.807, 2.05) is 0 Å². The SMILES string of the molecule is CCC(C)(C)N(C)c1nc(COC)c(CNC(C)(C)C)s1. The van der Waals surface area contributed by atoms with Gasteiger partial charge in [0.25, 0.3) is 0 Å². The highest BCUT2D eigenvalue weighted by Gasteiger charge is 2.25. The molecule has 0 saturated heterocycles. The molecule has 0 unspecified atom stereocenters. The molecule has 122 valence electrons. The van der Waals surface area contributed by atoms with Gasteiger partial charge in [-0.05, 0) is 41.0 Å². The van der Waals surface area contributed by atoms with E-state index >= 15 is 0 Å². The van der Waals surface area contributed by atoms with E-state index in [2.05, 4.69) is 58.8 Å². The van der Waals surface area contributed by atoms with E-state index in [1.54, 1.807) is 18.4 Å². The molecule has 0 bridgehead atoms. The standard InChI is InChI=1S/C16H31N3OS/c1-9-16(5,6)19(7)14-18-12(11-20-8)13(21-14)10-17-15(2,3)4/h17H,9-11H2,1-8H3. The first kappa shape index (κ1) is 18.4. The van der Waals surface area contributed by atoms with Gasteiger partial charge in [-0.3, -0.25) is 0 Å². The van der Waals surface area contributed by atoms with Crippen LogP contribution in [0.5, 0.6) is 0 Å². The van der Waals surface area contributed by atoms with Gasteiger partial charge in [0.15, 0.2) is 5.13 Å². The normalized spacial score (nSPS) is 12.8. The van der Waals surface area contributed by atoms with Crippen molar-refractivity contribution in [3.8, 4) is 0 Å². The lowest BCUT2D eigenvalue weighted by Crippen LogP contribution is -2.40. The molecule has 0 aliphatic heterocycles. The van der Waals surface area contributed by atoms with Crippen LogP contribution in [-0.2, 0) is 17.9 Å². The van der Waals surface area contributed by atoms with Gasteiger partial charge < -0.3 is 15.0 Å². The minimum absolute atomic E-state index is 0.100. The Bertz CT molecular complexity index is 449. The molecule has 5 heteroatoms. The predicted molar refractivity (Wildman–Crippen MR) is 92.2 cm³/mol. The monoisotopic (exact) mass is 313 g/mol. The van der Waals surface area contributed by atoms with Gasteiger partial charge in [-0.1, -0.05) is 6.92 Å². The Balaban J connectivity index is 2.98. The van der Waals surface area contributed by atoms with Gasteiger partial charge in [-0.25, -0.2) is 4.98 Å². The molecule has 0 spiro atoms. The van der Waals surface area contributed by atoms with Gasteiger partial charge in [0.2, 0.25) is 0 Å². The van der Waals surface area contributed by atoms with Crippen LogP contribution in [-0.4, -0.2) is 30.2 Å². The number of ether oxygens (including phenoxy) is 1. The summed E-state index contributed by atoms with van der Waals surface area (Å²) in [6.45, 7) is 14.6. The summed E-state index contributed by atoms with van der Waals surface area (Å²) in [5, 5.41) is 4.61. The van der Waals surface area contributed by atoms with Crippen molar-refractivity contribution in [3.05, 3.63) is 10.6 Å². The Hall–Kier alpha value is -0.650. The first-order valence-electron chi connectivity index (χ1n) is 7.57. The van der Waals surface area contributed by atoms with Crippen LogP contribution >= 0.6 is 11.3 Å². The Morgan fingerprint density at radius 1 is 1.24 bits per heavy atom. The Labute approximate surface area is 133 Å². The predicted octanol–water partition coefficient (Wildman–Crippen LogP) is 3.80. The fourth-order valence-electron chi connectivity index (χ4n) is 1.74. The molecular formula is C16H31N3OS. The van der Waals surface area contributed by atoms with E-state index in [4.69, 9.17) is 9.72 Å². The number of nitrogens with zero attached hydrogens (tertiary/aromatic N) is 2. The molecule has 4 nitrogen and oxygen atoms in total. The van der Waals surface area contributed by atoms with Gasteiger partial charge in [-0.15, -0.1) is 11.3 Å². The van der Waals surface area contributed by atoms with E-state index in [9.17, 15) is 0 Å². The number of hydrogen-bond acceptors (Lipinski definition) is 5. The molecule has 0 aliphatic carbocycles. The highest BCUT2D eigenvalue weighted by Crippen LogP contribution is 2.31. The van der Waals surface area contributed by atoms with E-state index < -0.39 is 0 Å². The molecule has 0 aromatic carbocycles. The molecule has 0 fully saturated rings. The lowest BCUT2D eigenvalue weighted by atomic mass is 10.0. The third-order valence-electron chi connectivity index (χ3n) is 3.89. The zero-order chi connectivity index (χ0) is 16.3. The highest BCUT2D eigenvalue weighted by atomic mass is 32.1. The number of rotatable bonds is 7. The quantitative estimate of drug-likeness (QED) is 0.831. The minimum Gasteiger partial charge on any atom is -0.378 e. The van der Waals surface area contributed by atoms with Crippen LogP contribution in [0.4, 0.5) is 5.13 Å². The van der Waals surface area contributed by atoms with Gasteiger partial charge in [0, 0.05) is 36.7 Å². The molecule has 0 atom stereocenters. The van der Waals surface area contributed by atoms with Crippen molar-refractivity contribution in [2.24, 2.45) is 0 Å². The molecule has 0 saturated carbocycles. The fraction of sp³-hybridized carbons (Fsp3) is 0.812. The Morgan fingerprint density at radius 2 is 1.86 bits per heavy atom. The van der Waals surface area contributed by atoms with E-state index in [1.165, 1.54) is 4.88 Å². The lowest BCUT2D eigenvalue weighted by molar-refractivity contribution is 0.181. The van der Waals surface area contributed by atoms with Crippen molar-refractivity contribution < 1.29 is 4.74 Å². The molecule has 1 rings (SSSR count). The molecule has 21 heavy (non-hydrogen) atoms. The van der Waals surface area contributed by atoms with Gasteiger partial charge >= 0.3 is 0 Å². The molecule has 1 aromatic rings. The number of hydrogen-bond donors (Lipinski definition) is 1. The summed E-state index contributed by atoms with van der Waals surface area (Å²) < 4.78 is 5.30. The third-order valence-corrected chi connectivity index (χ3v) is 5.06. The van der Waals surface area contributed by atoms with Crippen LogP contribution in [0, 0.1) is 0 Å². The minimum atomic E-state index is 0.100. The average Bonchev–Trinajstić information content (AvgIpc) is 2.78. The second-order valence-electron chi connectivity index (χ2n) is 7.13. The zero-order valence-corrected chi connectivity index (χ0v) is 15.6. The molecule has 0 radical (unpaired) electrons. The second kappa shape index (κ2) is 7.07. The summed E-state index contributed by atoms with van der Waals surface area (Å²) in [4.78, 5) is 8.33. The Morgan fingerprint density at radius 3 is 2.33 bits per heavy atom. The summed E-state index contributed by atoms with van der Waals surface area (Å²) >= 11 is 1.76. The summed E-state index contributed by atoms with van der Waals surface area (Å²) in [5.41, 5.74) is 1.26. The van der Waals surface area contributed by atoms with Crippen LogP contribution < -0.4 is 10.2 Å². The molecule has 1 heterocycles. The molecule has 1 aromatic heterocycles. The summed E-state index contributed by atoms with van der Waals surface area (Å²) in [6.07, 6.45) is 1.08. The van der Waals surface area contributed by atoms with Crippen molar-refractivity contribution in [2.75, 3.05) is 19.1 Å². The average molecular weight is 314 g/mol. The van der Waals surface area contributed by atoms with E-state index in [-0.39, 0.29) is 11.1 Å². The number of thiazole rings is 1. The van der Waals surface area contributed by atoms with Crippen LogP contribution in [0.15, 0.2) is 0 Å². The highest BCUT2D eigenvalue weighted by molar-refractivity contribution is 7.15. The topological polar surface area (TPSA) is 37.4 Å². The summed E-state index contributed by atoms with van der Waals surface area (Å²) in [5.74, 6) is 0. The maximum absolute atomic E-state index is 5.30. The lowest BCUT2D eigenvalue weighted by Gasteiger charge is -2.34. The van der Waals surface area contributed by atoms with Crippen molar-refractivity contribution in [2.45, 2.75) is 72.2 Å². The third kappa shape index (κ3) is 5.24. The number of methoxy groups -OCH3 is 1. The van der Waals surface area contributed by atoms with Gasteiger partial charge in [-0.2, -0.15) is 0 Å². The summed E-state index contributed by atoms with van der Waals surface area (Å²) in [7, 11) is 3.85. The first-order valence-corrected chi connectivity index (χ1v) is 8.38. The summed E-state index contributed by atoms with van der Waals surface area (Å²) in [6, 6.07) is 0. The fourth-order valence-corrected chi connectivity index (χ4v) is 2.87. The van der Waals surface area contributed by atoms with Gasteiger partial charge in [0.1, 0.15) is 0 Å². The van der Waals surface area contributed by atoms with Crippen molar-refractivity contribution in [1.82, 2.24) is 10.3 Å². The zero-order valence-electron chi connectivity index (χ0n) is 14.8. The number of aromatic nitrogens is 1. The number of nitrogens with one attached hydrogen (secondary N) is 1. The van der Waals surface area contributed by atoms with Crippen molar-refractivity contribution >= 4 is 16.5 Å². The van der Waals surface area contributed by atoms with Crippen LogP contribution in [0.25, 0.3) is 0 Å². The molecular weight excluding hydrogens is 282 g/mol.